The highest BCUT2D eigenvalue weighted by Crippen LogP contribution is 2.34. The fraction of sp³-hybridized carbons (Fsp3) is 0.480. The summed E-state index contributed by atoms with van der Waals surface area (Å²) in [6.45, 7) is 6.52. The number of likely N-dealkylation sites (N-methyl/N-ethyl adjacent to an activating group) is 1. The summed E-state index contributed by atoms with van der Waals surface area (Å²) in [4.78, 5) is 45.5. The van der Waals surface area contributed by atoms with Gasteiger partial charge in [0.25, 0.3) is 5.91 Å². The van der Waals surface area contributed by atoms with E-state index in [1.54, 1.807) is 13.1 Å². The molecule has 15 heteroatoms. The first-order valence-electron chi connectivity index (χ1n) is 12.7. The Bertz CT molecular complexity index is 1350. The van der Waals surface area contributed by atoms with E-state index in [4.69, 9.17) is 27.9 Å². The quantitative estimate of drug-likeness (QED) is 0.253. The standard InChI is InChI=1S/C25H32Cl2N8O4S/c1-5-39-16-12-35(8-6-14(16)32-23(36)21-19(27)18(26)13(2)31-21)25-33-20(22(40-25)24(37)38)15-10-30-17(11-29-15)28-7-9-34(3)4/h10-11,14,16,31H,5-9,12H2,1-4H3,(H,28,30)(H,32,36)(H,37,38)/t14-,16+/m1/s1. The number of aromatic amines is 1. The Morgan fingerprint density at radius 2 is 2.05 bits per heavy atom. The lowest BCUT2D eigenvalue weighted by atomic mass is 10.0. The molecule has 0 radical (unpaired) electrons. The number of nitrogens with zero attached hydrogens (tertiary/aromatic N) is 5. The van der Waals surface area contributed by atoms with E-state index in [2.05, 4.69) is 30.6 Å². The number of ether oxygens (including phenoxy) is 1. The zero-order valence-electron chi connectivity index (χ0n) is 22.6. The molecule has 4 N–H and O–H groups in total. The van der Waals surface area contributed by atoms with Gasteiger partial charge < -0.3 is 35.3 Å². The number of anilines is 2. The molecule has 216 valence electrons. The molecule has 40 heavy (non-hydrogen) atoms. The van der Waals surface area contributed by atoms with Gasteiger partial charge in [-0.2, -0.15) is 0 Å². The van der Waals surface area contributed by atoms with E-state index in [-0.39, 0.29) is 39.3 Å². The van der Waals surface area contributed by atoms with Gasteiger partial charge in [-0.25, -0.2) is 19.7 Å². The number of aromatic carboxylic acids is 1. The molecule has 1 aliphatic heterocycles. The van der Waals surface area contributed by atoms with Gasteiger partial charge in [-0.3, -0.25) is 4.79 Å². The molecule has 4 heterocycles. The van der Waals surface area contributed by atoms with Crippen LogP contribution in [0.15, 0.2) is 12.4 Å². The van der Waals surface area contributed by atoms with Crippen molar-refractivity contribution in [1.29, 1.82) is 0 Å². The average Bonchev–Trinajstić information content (AvgIpc) is 3.48. The van der Waals surface area contributed by atoms with Gasteiger partial charge in [0, 0.05) is 38.5 Å². The van der Waals surface area contributed by atoms with Gasteiger partial charge in [-0.1, -0.05) is 34.5 Å². The molecule has 1 amide bonds. The number of carboxylic acids is 1. The van der Waals surface area contributed by atoms with Crippen molar-refractivity contribution in [3.8, 4) is 11.4 Å². The Kier molecular flexibility index (Phi) is 9.85. The van der Waals surface area contributed by atoms with Crippen molar-refractivity contribution in [1.82, 2.24) is 30.2 Å². The third-order valence-electron chi connectivity index (χ3n) is 6.38. The zero-order chi connectivity index (χ0) is 29.0. The number of aryl methyl sites for hydroxylation is 1. The molecule has 4 rings (SSSR count). The number of H-pyrrole nitrogens is 1. The van der Waals surface area contributed by atoms with Gasteiger partial charge in [0.15, 0.2) is 5.13 Å². The normalized spacial score (nSPS) is 17.3. The molecule has 3 aromatic rings. The summed E-state index contributed by atoms with van der Waals surface area (Å²) in [7, 11) is 3.96. The molecule has 0 unspecified atom stereocenters. The minimum Gasteiger partial charge on any atom is -0.477 e. The van der Waals surface area contributed by atoms with Crippen molar-refractivity contribution in [3.05, 3.63) is 38.7 Å². The summed E-state index contributed by atoms with van der Waals surface area (Å²) in [5.41, 5.74) is 1.45. The number of carboxylic acid groups (broad SMARTS) is 1. The number of halogens is 2. The maximum Gasteiger partial charge on any atom is 0.348 e. The summed E-state index contributed by atoms with van der Waals surface area (Å²) in [6.07, 6.45) is 3.28. The van der Waals surface area contributed by atoms with Crippen LogP contribution in [0, 0.1) is 6.92 Å². The topological polar surface area (TPSA) is 149 Å². The lowest BCUT2D eigenvalue weighted by molar-refractivity contribution is 0.0272. The molecular weight excluding hydrogens is 579 g/mol. The number of thiazole rings is 1. The highest BCUT2D eigenvalue weighted by atomic mass is 35.5. The molecule has 0 spiro atoms. The smallest absolute Gasteiger partial charge is 0.348 e. The Morgan fingerprint density at radius 3 is 2.65 bits per heavy atom. The predicted molar refractivity (Wildman–Crippen MR) is 156 cm³/mol. The van der Waals surface area contributed by atoms with Gasteiger partial charge in [0.05, 0.1) is 34.6 Å². The third kappa shape index (κ3) is 6.84. The van der Waals surface area contributed by atoms with Gasteiger partial charge in [0.2, 0.25) is 0 Å². The molecule has 0 aliphatic carbocycles. The second kappa shape index (κ2) is 13.1. The number of nitrogens with one attached hydrogen (secondary N) is 3. The van der Waals surface area contributed by atoms with Gasteiger partial charge in [-0.15, -0.1) is 0 Å². The monoisotopic (exact) mass is 610 g/mol. The number of carbonyl (C=O) groups is 2. The van der Waals surface area contributed by atoms with Crippen LogP contribution in [0.2, 0.25) is 10.0 Å². The molecule has 0 saturated carbocycles. The van der Waals surface area contributed by atoms with E-state index in [1.165, 1.54) is 6.20 Å². The first kappa shape index (κ1) is 30.0. The minimum absolute atomic E-state index is 0.0784. The Hall–Kier alpha value is -2.97. The van der Waals surface area contributed by atoms with Crippen molar-refractivity contribution >= 4 is 57.4 Å². The van der Waals surface area contributed by atoms with Crippen LogP contribution in [0.5, 0.6) is 0 Å². The molecule has 1 saturated heterocycles. The predicted octanol–water partition coefficient (Wildman–Crippen LogP) is 3.63. The number of hydrogen-bond donors (Lipinski definition) is 4. The Labute approximate surface area is 246 Å². The number of piperidine rings is 1. The molecular formula is C25H32Cl2N8O4S. The van der Waals surface area contributed by atoms with E-state index in [0.29, 0.717) is 60.0 Å². The van der Waals surface area contributed by atoms with Crippen LogP contribution in [-0.2, 0) is 4.74 Å². The highest BCUT2D eigenvalue weighted by Gasteiger charge is 2.34. The van der Waals surface area contributed by atoms with Gasteiger partial charge >= 0.3 is 5.97 Å². The largest absolute Gasteiger partial charge is 0.477 e. The van der Waals surface area contributed by atoms with Crippen molar-refractivity contribution < 1.29 is 19.4 Å². The molecule has 0 aromatic carbocycles. The fourth-order valence-electron chi connectivity index (χ4n) is 4.32. The summed E-state index contributed by atoms with van der Waals surface area (Å²) < 4.78 is 5.97. The number of aromatic nitrogens is 4. The van der Waals surface area contributed by atoms with E-state index in [9.17, 15) is 14.7 Å². The number of rotatable bonds is 11. The second-order valence-corrected chi connectivity index (χ2v) is 11.3. The number of hydrogen-bond acceptors (Lipinski definition) is 10. The zero-order valence-corrected chi connectivity index (χ0v) is 25.0. The average molecular weight is 612 g/mol. The van der Waals surface area contributed by atoms with Crippen LogP contribution in [0.4, 0.5) is 10.9 Å². The molecule has 1 fully saturated rings. The summed E-state index contributed by atoms with van der Waals surface area (Å²) >= 11 is 13.4. The Balaban J connectivity index is 1.49. The SMILES string of the molecule is CCO[C@H]1CN(c2nc(-c3cnc(NCCN(C)C)cn3)c(C(=O)O)s2)CC[C@H]1NC(=O)c1[nH]c(C)c(Cl)c1Cl. The van der Waals surface area contributed by atoms with Gasteiger partial charge in [0.1, 0.15) is 27.8 Å². The van der Waals surface area contributed by atoms with E-state index < -0.39 is 5.97 Å². The van der Waals surface area contributed by atoms with Crippen molar-refractivity contribution in [2.45, 2.75) is 32.4 Å². The van der Waals surface area contributed by atoms with Crippen molar-refractivity contribution in [2.75, 3.05) is 57.1 Å². The molecule has 0 bridgehead atoms. The molecule has 1 aliphatic rings. The minimum atomic E-state index is -1.09. The molecule has 3 aromatic heterocycles. The Morgan fingerprint density at radius 1 is 1.27 bits per heavy atom. The third-order valence-corrected chi connectivity index (χ3v) is 8.43. The summed E-state index contributed by atoms with van der Waals surface area (Å²) in [6, 6.07) is -0.293. The fourth-order valence-corrected chi connectivity index (χ4v) is 5.68. The summed E-state index contributed by atoms with van der Waals surface area (Å²) in [5.74, 6) is -0.861. The lowest BCUT2D eigenvalue weighted by Crippen LogP contribution is -2.55. The van der Waals surface area contributed by atoms with Crippen LogP contribution in [-0.4, -0.2) is 101 Å². The van der Waals surface area contributed by atoms with E-state index in [0.717, 1.165) is 17.9 Å². The van der Waals surface area contributed by atoms with Crippen LogP contribution < -0.4 is 15.5 Å². The second-order valence-electron chi connectivity index (χ2n) is 9.56. The van der Waals surface area contributed by atoms with E-state index in [1.807, 2.05) is 30.8 Å². The van der Waals surface area contributed by atoms with Crippen LogP contribution in [0.3, 0.4) is 0 Å². The van der Waals surface area contributed by atoms with Crippen LogP contribution in [0.1, 0.15) is 39.2 Å². The molecule has 2 atom stereocenters. The highest BCUT2D eigenvalue weighted by molar-refractivity contribution is 7.17. The number of carbonyl (C=O) groups excluding carboxylic acids is 1. The first-order chi connectivity index (χ1) is 19.1. The van der Waals surface area contributed by atoms with Crippen molar-refractivity contribution in [3.63, 3.8) is 0 Å². The maximum absolute atomic E-state index is 12.9. The van der Waals surface area contributed by atoms with Crippen molar-refractivity contribution in [2.24, 2.45) is 0 Å². The van der Waals surface area contributed by atoms with E-state index >= 15 is 0 Å². The number of amides is 1. The first-order valence-corrected chi connectivity index (χ1v) is 14.3. The van der Waals surface area contributed by atoms with Gasteiger partial charge in [-0.05, 0) is 34.4 Å². The van der Waals surface area contributed by atoms with Crippen LogP contribution in [0.25, 0.3) is 11.4 Å². The summed E-state index contributed by atoms with van der Waals surface area (Å²) in [5, 5.41) is 17.1. The molecule has 12 nitrogen and oxygen atoms in total. The maximum atomic E-state index is 12.9. The van der Waals surface area contributed by atoms with Crippen LogP contribution >= 0.6 is 34.5 Å². The lowest BCUT2D eigenvalue weighted by Gasteiger charge is -2.38.